The number of hydrogen-bond donors (Lipinski definition) is 2. The van der Waals surface area contributed by atoms with Crippen LogP contribution < -0.4 is 10.0 Å². The molecule has 1 heterocycles. The fourth-order valence-electron chi connectivity index (χ4n) is 3.07. The maximum absolute atomic E-state index is 13.2. The molecule has 0 saturated carbocycles. The number of nitrogens with zero attached hydrogens (tertiary/aromatic N) is 1. The Balaban J connectivity index is 1.50. The molecule has 33 heavy (non-hydrogen) atoms. The van der Waals surface area contributed by atoms with Gasteiger partial charge in [0.15, 0.2) is 5.82 Å². The second-order valence-electron chi connectivity index (χ2n) is 7.16. The molecule has 0 aliphatic carbocycles. The van der Waals surface area contributed by atoms with E-state index in [1.165, 1.54) is 30.0 Å². The molecule has 1 amide bonds. The number of nitrogens with one attached hydrogen (secondary N) is 2. The molecule has 4 rings (SSSR count). The number of benzene rings is 3. The summed E-state index contributed by atoms with van der Waals surface area (Å²) in [5.74, 6) is 0.391. The predicted molar refractivity (Wildman–Crippen MR) is 129 cm³/mol. The summed E-state index contributed by atoms with van der Waals surface area (Å²) in [5, 5.41) is 6.05. The molecule has 0 bridgehead atoms. The first-order valence-electron chi connectivity index (χ1n) is 10.0. The SMILES string of the molecule is Cc1cc(NS(=O)(=O)c2ccc(NC(=O)[C@H](Sc3ccccc3)c3ccccc3)cc2)no1. The minimum Gasteiger partial charge on any atom is -0.360 e. The third kappa shape index (κ3) is 5.82. The minimum atomic E-state index is -3.83. The van der Waals surface area contributed by atoms with Gasteiger partial charge in [-0.3, -0.25) is 9.52 Å². The summed E-state index contributed by atoms with van der Waals surface area (Å²) >= 11 is 1.45. The average molecular weight is 480 g/mol. The van der Waals surface area contributed by atoms with E-state index >= 15 is 0 Å². The molecule has 0 spiro atoms. The Bertz CT molecular complexity index is 1320. The van der Waals surface area contributed by atoms with Gasteiger partial charge in [-0.05, 0) is 48.9 Å². The van der Waals surface area contributed by atoms with Gasteiger partial charge in [0.1, 0.15) is 11.0 Å². The van der Waals surface area contributed by atoms with Crippen LogP contribution in [0.15, 0.2) is 105 Å². The van der Waals surface area contributed by atoms with Crippen molar-refractivity contribution in [3.05, 3.63) is 102 Å². The molecule has 0 saturated heterocycles. The average Bonchev–Trinajstić information content (AvgIpc) is 3.22. The molecular weight excluding hydrogens is 458 g/mol. The highest BCUT2D eigenvalue weighted by Gasteiger charge is 2.23. The molecule has 3 aromatic carbocycles. The quantitative estimate of drug-likeness (QED) is 0.335. The van der Waals surface area contributed by atoms with Gasteiger partial charge in [0, 0.05) is 16.6 Å². The number of carbonyl (C=O) groups excluding carboxylic acids is 1. The number of amides is 1. The summed E-state index contributed by atoms with van der Waals surface area (Å²) in [6.07, 6.45) is 0. The molecule has 9 heteroatoms. The van der Waals surface area contributed by atoms with Crippen LogP contribution in [0, 0.1) is 6.92 Å². The zero-order valence-corrected chi connectivity index (χ0v) is 19.3. The van der Waals surface area contributed by atoms with E-state index in [2.05, 4.69) is 15.2 Å². The second-order valence-corrected chi connectivity index (χ2v) is 10.0. The van der Waals surface area contributed by atoms with Gasteiger partial charge >= 0.3 is 0 Å². The monoisotopic (exact) mass is 479 g/mol. The number of rotatable bonds is 8. The van der Waals surface area contributed by atoms with Crippen LogP contribution in [0.5, 0.6) is 0 Å². The lowest BCUT2D eigenvalue weighted by Crippen LogP contribution is -2.19. The fraction of sp³-hybridized carbons (Fsp3) is 0.0833. The molecule has 0 aliphatic heterocycles. The highest BCUT2D eigenvalue weighted by Crippen LogP contribution is 2.36. The van der Waals surface area contributed by atoms with Crippen LogP contribution in [0.4, 0.5) is 11.5 Å². The van der Waals surface area contributed by atoms with Crippen LogP contribution in [-0.4, -0.2) is 19.5 Å². The minimum absolute atomic E-state index is 0.0411. The van der Waals surface area contributed by atoms with Gasteiger partial charge in [-0.2, -0.15) is 0 Å². The van der Waals surface area contributed by atoms with Gasteiger partial charge in [-0.1, -0.05) is 53.7 Å². The number of anilines is 2. The van der Waals surface area contributed by atoms with Crippen molar-refractivity contribution in [2.24, 2.45) is 0 Å². The predicted octanol–water partition coefficient (Wildman–Crippen LogP) is 5.26. The first-order valence-corrected chi connectivity index (χ1v) is 12.4. The molecule has 168 valence electrons. The maximum Gasteiger partial charge on any atom is 0.263 e. The number of aromatic nitrogens is 1. The number of carbonyl (C=O) groups is 1. The Labute approximate surface area is 196 Å². The molecule has 0 aliphatic rings. The summed E-state index contributed by atoms with van der Waals surface area (Å²) in [4.78, 5) is 14.2. The van der Waals surface area contributed by atoms with E-state index in [0.717, 1.165) is 10.5 Å². The molecule has 0 unspecified atom stereocenters. The van der Waals surface area contributed by atoms with Crippen LogP contribution >= 0.6 is 11.8 Å². The Kier molecular flexibility index (Phi) is 6.81. The lowest BCUT2D eigenvalue weighted by atomic mass is 10.1. The Hall–Kier alpha value is -3.56. The lowest BCUT2D eigenvalue weighted by Gasteiger charge is -2.17. The highest BCUT2D eigenvalue weighted by atomic mass is 32.2. The van der Waals surface area contributed by atoms with E-state index in [9.17, 15) is 13.2 Å². The number of aryl methyl sites for hydroxylation is 1. The molecule has 1 atom stereocenters. The van der Waals surface area contributed by atoms with Gasteiger partial charge in [0.2, 0.25) is 5.91 Å². The zero-order chi connectivity index (χ0) is 23.3. The van der Waals surface area contributed by atoms with Gasteiger partial charge in [0.25, 0.3) is 10.0 Å². The Morgan fingerprint density at radius 2 is 1.58 bits per heavy atom. The molecule has 0 radical (unpaired) electrons. The standard InChI is InChI=1S/C24H21N3O4S2/c1-17-16-22(26-31-17)27-33(29,30)21-14-12-19(13-15-21)25-24(28)23(18-8-4-2-5-9-18)32-20-10-6-3-7-11-20/h2-16,23H,1H3,(H,25,28)(H,26,27)/t23-/m1/s1. The first kappa shape index (κ1) is 22.6. The van der Waals surface area contributed by atoms with Crippen LogP contribution in [0.25, 0.3) is 0 Å². The number of thioether (sulfide) groups is 1. The van der Waals surface area contributed by atoms with E-state index < -0.39 is 15.3 Å². The zero-order valence-electron chi connectivity index (χ0n) is 17.6. The van der Waals surface area contributed by atoms with Crippen molar-refractivity contribution in [3.63, 3.8) is 0 Å². The molecule has 2 N–H and O–H groups in total. The second kappa shape index (κ2) is 9.93. The van der Waals surface area contributed by atoms with E-state index in [4.69, 9.17) is 4.52 Å². The van der Waals surface area contributed by atoms with E-state index in [1.807, 2.05) is 60.7 Å². The van der Waals surface area contributed by atoms with Crippen molar-refractivity contribution >= 4 is 39.2 Å². The summed E-state index contributed by atoms with van der Waals surface area (Å²) in [6, 6.07) is 26.6. The lowest BCUT2D eigenvalue weighted by molar-refractivity contribution is -0.115. The smallest absolute Gasteiger partial charge is 0.263 e. The largest absolute Gasteiger partial charge is 0.360 e. The third-order valence-electron chi connectivity index (χ3n) is 4.64. The summed E-state index contributed by atoms with van der Waals surface area (Å²) in [6.45, 7) is 1.67. The first-order chi connectivity index (χ1) is 15.9. The van der Waals surface area contributed by atoms with Gasteiger partial charge in [-0.25, -0.2) is 8.42 Å². The van der Waals surface area contributed by atoms with Crippen LogP contribution in [-0.2, 0) is 14.8 Å². The van der Waals surface area contributed by atoms with Gasteiger partial charge in [-0.15, -0.1) is 11.8 Å². The number of hydrogen-bond acceptors (Lipinski definition) is 6. The summed E-state index contributed by atoms with van der Waals surface area (Å²) < 4.78 is 32.4. The molecular formula is C24H21N3O4S2. The van der Waals surface area contributed by atoms with Crippen LogP contribution in [0.3, 0.4) is 0 Å². The van der Waals surface area contributed by atoms with Gasteiger partial charge in [0.05, 0.1) is 4.90 Å². The van der Waals surface area contributed by atoms with Gasteiger partial charge < -0.3 is 9.84 Å². The molecule has 0 fully saturated rings. The van der Waals surface area contributed by atoms with Crippen molar-refractivity contribution in [3.8, 4) is 0 Å². The van der Waals surface area contributed by atoms with E-state index in [-0.39, 0.29) is 16.6 Å². The Morgan fingerprint density at radius 3 is 2.18 bits per heavy atom. The Morgan fingerprint density at radius 1 is 0.939 bits per heavy atom. The topological polar surface area (TPSA) is 101 Å². The van der Waals surface area contributed by atoms with Crippen molar-refractivity contribution in [1.82, 2.24) is 5.16 Å². The highest BCUT2D eigenvalue weighted by molar-refractivity contribution is 8.00. The van der Waals surface area contributed by atoms with Crippen LogP contribution in [0.1, 0.15) is 16.6 Å². The molecule has 4 aromatic rings. The molecule has 1 aromatic heterocycles. The molecule has 7 nitrogen and oxygen atoms in total. The fourth-order valence-corrected chi connectivity index (χ4v) is 5.10. The maximum atomic E-state index is 13.2. The van der Waals surface area contributed by atoms with Crippen molar-refractivity contribution < 1.29 is 17.7 Å². The van der Waals surface area contributed by atoms with Crippen molar-refractivity contribution in [1.29, 1.82) is 0 Å². The van der Waals surface area contributed by atoms with E-state index in [0.29, 0.717) is 11.4 Å². The summed E-state index contributed by atoms with van der Waals surface area (Å²) in [7, 11) is -3.83. The van der Waals surface area contributed by atoms with Crippen molar-refractivity contribution in [2.45, 2.75) is 22.0 Å². The summed E-state index contributed by atoms with van der Waals surface area (Å²) in [5.41, 5.74) is 1.36. The number of sulfonamides is 1. The van der Waals surface area contributed by atoms with Crippen molar-refractivity contribution in [2.75, 3.05) is 10.0 Å². The van der Waals surface area contributed by atoms with E-state index in [1.54, 1.807) is 19.1 Å². The van der Waals surface area contributed by atoms with Crippen LogP contribution in [0.2, 0.25) is 0 Å². The normalized spacial score (nSPS) is 12.2. The third-order valence-corrected chi connectivity index (χ3v) is 7.27.